The van der Waals surface area contributed by atoms with Crippen molar-refractivity contribution in [2.75, 3.05) is 0 Å². The molecule has 7 heteroatoms. The average molecular weight is 470 g/mol. The average Bonchev–Trinajstić information content (AvgIpc) is 2.79. The topological polar surface area (TPSA) is 46.2 Å². The minimum Gasteiger partial charge on any atom is -0.363 e. The molecule has 1 heterocycles. The molecule has 0 aliphatic carbocycles. The lowest BCUT2D eigenvalue weighted by Gasteiger charge is -2.29. The highest BCUT2D eigenvalue weighted by molar-refractivity contribution is 8.32. The fourth-order valence-electron chi connectivity index (χ4n) is 3.07. The maximum atomic E-state index is 13.5. The molecule has 0 fully saturated rings. The molecule has 0 spiro atoms. The van der Waals surface area contributed by atoms with E-state index in [0.29, 0.717) is 9.89 Å². The second-order valence-corrected chi connectivity index (χ2v) is 11.6. The van der Waals surface area contributed by atoms with Gasteiger partial charge in [-0.3, -0.25) is 0 Å². The van der Waals surface area contributed by atoms with Crippen molar-refractivity contribution >= 4 is 55.5 Å². The minimum absolute atomic E-state index is 0.0809. The van der Waals surface area contributed by atoms with Gasteiger partial charge in [0.1, 0.15) is 9.61 Å². The van der Waals surface area contributed by atoms with E-state index in [4.69, 9.17) is 12.2 Å². The molecule has 1 N–H and O–H groups in total. The summed E-state index contributed by atoms with van der Waals surface area (Å²) in [5, 5.41) is 3.44. The Morgan fingerprint density at radius 2 is 1.43 bits per heavy atom. The summed E-state index contributed by atoms with van der Waals surface area (Å²) in [6.45, 7) is 0. The van der Waals surface area contributed by atoms with Gasteiger partial charge in [-0.15, -0.1) is 11.8 Å². The van der Waals surface area contributed by atoms with E-state index in [1.54, 1.807) is 42.1 Å². The van der Waals surface area contributed by atoms with E-state index in [0.717, 1.165) is 11.3 Å². The Kier molecular flexibility index (Phi) is 6.63. The molecule has 0 amide bonds. The monoisotopic (exact) mass is 469 g/mol. The number of hydrogen-bond donors (Lipinski definition) is 1. The van der Waals surface area contributed by atoms with Crippen molar-refractivity contribution in [3.05, 3.63) is 107 Å². The predicted octanol–water partition coefficient (Wildman–Crippen LogP) is 5.71. The Morgan fingerprint density at radius 3 is 2.07 bits per heavy atom. The third-order valence-corrected chi connectivity index (χ3v) is 9.47. The molecule has 0 saturated carbocycles. The molecule has 3 aromatic carbocycles. The zero-order chi connectivity index (χ0) is 21.0. The lowest BCUT2D eigenvalue weighted by molar-refractivity contribution is 0.603. The summed E-state index contributed by atoms with van der Waals surface area (Å²) in [7, 11) is -3.75. The molecule has 1 aliphatic heterocycles. The van der Waals surface area contributed by atoms with Crippen LogP contribution in [0.5, 0.6) is 0 Å². The number of nitrogens with one attached hydrogen (secondary N) is 1. The normalized spacial score (nSPS) is 16.9. The van der Waals surface area contributed by atoms with Crippen LogP contribution in [0.25, 0.3) is 5.70 Å². The van der Waals surface area contributed by atoms with Gasteiger partial charge in [0, 0.05) is 5.75 Å². The largest absolute Gasteiger partial charge is 0.363 e. The number of thiocarbonyl (C=S) groups is 1. The lowest BCUT2D eigenvalue weighted by atomic mass is 10.1. The zero-order valence-electron chi connectivity index (χ0n) is 15.9. The first kappa shape index (κ1) is 21.2. The Labute approximate surface area is 190 Å². The molecule has 3 nitrogen and oxygen atoms in total. The maximum absolute atomic E-state index is 13.5. The van der Waals surface area contributed by atoms with Gasteiger partial charge in [-0.25, -0.2) is 8.42 Å². The van der Waals surface area contributed by atoms with E-state index in [1.165, 1.54) is 17.3 Å². The number of sulfone groups is 1. The van der Waals surface area contributed by atoms with Gasteiger partial charge in [-0.2, -0.15) is 0 Å². The molecule has 1 atom stereocenters. The van der Waals surface area contributed by atoms with Gasteiger partial charge in [-0.1, -0.05) is 103 Å². The van der Waals surface area contributed by atoms with E-state index in [-0.39, 0.29) is 14.5 Å². The van der Waals surface area contributed by atoms with Crippen LogP contribution in [0.4, 0.5) is 0 Å². The third-order valence-electron chi connectivity index (χ3n) is 4.52. The standard InChI is InChI=1S/C23H19NO2S4/c25-30(26,19-14-8-3-9-15-19)21-20(18-12-6-2-7-13-18)24-23(29-22(21)27)28-16-17-10-4-1-5-11-17/h1-15,23-24H,16H2. The Hall–Kier alpha value is -2.06. The van der Waals surface area contributed by atoms with Crippen molar-refractivity contribution in [1.29, 1.82) is 0 Å². The molecule has 0 radical (unpaired) electrons. The van der Waals surface area contributed by atoms with Gasteiger partial charge < -0.3 is 5.32 Å². The van der Waals surface area contributed by atoms with Gasteiger partial charge in [0.05, 0.1) is 14.8 Å². The fourth-order valence-corrected chi connectivity index (χ4v) is 7.94. The van der Waals surface area contributed by atoms with Gasteiger partial charge in [-0.05, 0) is 23.3 Å². The number of rotatable bonds is 6. The second kappa shape index (κ2) is 9.39. The van der Waals surface area contributed by atoms with Gasteiger partial charge >= 0.3 is 0 Å². The number of hydrogen-bond acceptors (Lipinski definition) is 6. The summed E-state index contributed by atoms with van der Waals surface area (Å²) in [6, 6.07) is 28.2. The van der Waals surface area contributed by atoms with Crippen molar-refractivity contribution in [2.45, 2.75) is 15.4 Å². The van der Waals surface area contributed by atoms with E-state index < -0.39 is 9.84 Å². The molecule has 0 aromatic heterocycles. The molecule has 0 saturated heterocycles. The number of benzene rings is 3. The number of thioether (sulfide) groups is 2. The van der Waals surface area contributed by atoms with Crippen LogP contribution in [0.15, 0.2) is 101 Å². The summed E-state index contributed by atoms with van der Waals surface area (Å²) in [6.07, 6.45) is 0. The van der Waals surface area contributed by atoms with Crippen LogP contribution in [0, 0.1) is 0 Å². The van der Waals surface area contributed by atoms with Crippen LogP contribution in [-0.2, 0) is 15.6 Å². The van der Waals surface area contributed by atoms with Crippen molar-refractivity contribution < 1.29 is 8.42 Å². The fraction of sp³-hybridized carbons (Fsp3) is 0.0870. The first-order valence-electron chi connectivity index (χ1n) is 9.28. The Bertz CT molecular complexity index is 1160. The maximum Gasteiger partial charge on any atom is 0.210 e. The van der Waals surface area contributed by atoms with E-state index in [2.05, 4.69) is 17.4 Å². The van der Waals surface area contributed by atoms with Crippen LogP contribution in [0.3, 0.4) is 0 Å². The van der Waals surface area contributed by atoms with Crippen molar-refractivity contribution in [3.63, 3.8) is 0 Å². The van der Waals surface area contributed by atoms with E-state index in [1.807, 2.05) is 48.5 Å². The molecular weight excluding hydrogens is 451 g/mol. The van der Waals surface area contributed by atoms with E-state index in [9.17, 15) is 8.42 Å². The highest BCUT2D eigenvalue weighted by Crippen LogP contribution is 2.40. The lowest BCUT2D eigenvalue weighted by Crippen LogP contribution is -2.32. The summed E-state index contributed by atoms with van der Waals surface area (Å²) in [5.74, 6) is 0.803. The van der Waals surface area contributed by atoms with Crippen LogP contribution in [-0.4, -0.2) is 17.3 Å². The Morgan fingerprint density at radius 1 is 0.867 bits per heavy atom. The molecular formula is C23H19NO2S4. The van der Waals surface area contributed by atoms with Crippen molar-refractivity contribution in [1.82, 2.24) is 5.32 Å². The van der Waals surface area contributed by atoms with Gasteiger partial charge in [0.2, 0.25) is 9.84 Å². The molecule has 4 rings (SSSR count). The molecule has 0 bridgehead atoms. The molecule has 1 aliphatic rings. The highest BCUT2D eigenvalue weighted by Gasteiger charge is 2.35. The first-order chi connectivity index (χ1) is 14.6. The molecule has 30 heavy (non-hydrogen) atoms. The quantitative estimate of drug-likeness (QED) is 0.467. The highest BCUT2D eigenvalue weighted by atomic mass is 32.2. The van der Waals surface area contributed by atoms with Crippen molar-refractivity contribution in [2.24, 2.45) is 0 Å². The Balaban J connectivity index is 1.71. The third kappa shape index (κ3) is 4.64. The SMILES string of the molecule is O=S(=O)(C1=C(c2ccccc2)NC(SCc2ccccc2)SC1=S)c1ccccc1. The van der Waals surface area contributed by atoms with Gasteiger partial charge in [0.15, 0.2) is 0 Å². The minimum atomic E-state index is -3.75. The second-order valence-electron chi connectivity index (χ2n) is 6.56. The van der Waals surface area contributed by atoms with Crippen LogP contribution in [0.1, 0.15) is 11.1 Å². The first-order valence-corrected chi connectivity index (χ1v) is 13.1. The predicted molar refractivity (Wildman–Crippen MR) is 132 cm³/mol. The summed E-state index contributed by atoms with van der Waals surface area (Å²) >= 11 is 8.71. The smallest absolute Gasteiger partial charge is 0.210 e. The van der Waals surface area contributed by atoms with Gasteiger partial charge in [0.25, 0.3) is 0 Å². The molecule has 3 aromatic rings. The summed E-state index contributed by atoms with van der Waals surface area (Å²) in [5.41, 5.74) is 2.58. The van der Waals surface area contributed by atoms with Crippen LogP contribution < -0.4 is 5.32 Å². The van der Waals surface area contributed by atoms with E-state index >= 15 is 0 Å². The summed E-state index contributed by atoms with van der Waals surface area (Å²) in [4.78, 5) is 0.421. The zero-order valence-corrected chi connectivity index (χ0v) is 19.2. The van der Waals surface area contributed by atoms with Crippen LogP contribution >= 0.6 is 35.7 Å². The molecule has 152 valence electrons. The molecule has 1 unspecified atom stereocenters. The summed E-state index contributed by atoms with van der Waals surface area (Å²) < 4.78 is 27.2. The van der Waals surface area contributed by atoms with Crippen molar-refractivity contribution in [3.8, 4) is 0 Å². The van der Waals surface area contributed by atoms with Crippen LogP contribution in [0.2, 0.25) is 0 Å².